The second-order valence-electron chi connectivity index (χ2n) is 7.28. The van der Waals surface area contributed by atoms with Crippen LogP contribution in [0.4, 0.5) is 5.69 Å². The van der Waals surface area contributed by atoms with Gasteiger partial charge in [0.2, 0.25) is 5.91 Å². The van der Waals surface area contributed by atoms with Crippen LogP contribution in [0.15, 0.2) is 36.7 Å². The molecule has 0 radical (unpaired) electrons. The molecule has 2 aliphatic carbocycles. The largest absolute Gasteiger partial charge is 0.326 e. The van der Waals surface area contributed by atoms with Crippen LogP contribution in [0.25, 0.3) is 11.4 Å². The van der Waals surface area contributed by atoms with Gasteiger partial charge in [0.25, 0.3) is 0 Å². The first-order valence-electron chi connectivity index (χ1n) is 8.99. The molecule has 2 aliphatic rings. The molecule has 3 aromatic rings. The Morgan fingerprint density at radius 3 is 2.77 bits per heavy atom. The quantitative estimate of drug-likeness (QED) is 0.742. The Kier molecular flexibility index (Phi) is 3.41. The number of anilines is 1. The van der Waals surface area contributed by atoms with Gasteiger partial charge in [0.05, 0.1) is 6.20 Å². The van der Waals surface area contributed by atoms with Gasteiger partial charge >= 0.3 is 0 Å². The molecule has 2 heterocycles. The second-order valence-corrected chi connectivity index (χ2v) is 7.28. The van der Waals surface area contributed by atoms with Crippen LogP contribution in [0.2, 0.25) is 0 Å². The maximum Gasteiger partial charge on any atom is 0.228 e. The summed E-state index contributed by atoms with van der Waals surface area (Å²) in [5.74, 6) is 2.64. The molecule has 0 aliphatic heterocycles. The highest BCUT2D eigenvalue weighted by molar-refractivity contribution is 5.95. The minimum absolute atomic E-state index is 0.0352. The molecule has 26 heavy (non-hydrogen) atoms. The second kappa shape index (κ2) is 5.79. The lowest BCUT2D eigenvalue weighted by atomic mass is 10.1. The number of amides is 1. The summed E-state index contributed by atoms with van der Waals surface area (Å²) in [4.78, 5) is 17.0. The van der Waals surface area contributed by atoms with E-state index < -0.39 is 0 Å². The number of nitrogens with one attached hydrogen (secondary N) is 2. The Balaban J connectivity index is 1.23. The number of rotatable bonds is 5. The third-order valence-corrected chi connectivity index (χ3v) is 5.16. The number of aromatic amines is 1. The van der Waals surface area contributed by atoms with Crippen molar-refractivity contribution in [3.05, 3.63) is 48.0 Å². The van der Waals surface area contributed by atoms with Crippen molar-refractivity contribution in [2.45, 2.75) is 31.1 Å². The van der Waals surface area contributed by atoms with Crippen LogP contribution in [0.3, 0.4) is 0 Å². The van der Waals surface area contributed by atoms with Crippen LogP contribution < -0.4 is 5.32 Å². The number of benzene rings is 1. The van der Waals surface area contributed by atoms with Crippen LogP contribution in [0.5, 0.6) is 0 Å². The van der Waals surface area contributed by atoms with Gasteiger partial charge < -0.3 is 5.32 Å². The normalized spacial score (nSPS) is 21.6. The monoisotopic (exact) mass is 348 g/mol. The van der Waals surface area contributed by atoms with E-state index in [-0.39, 0.29) is 17.7 Å². The average Bonchev–Trinajstić information content (AvgIpc) is 3.56. The van der Waals surface area contributed by atoms with Crippen LogP contribution in [0.1, 0.15) is 42.5 Å². The Morgan fingerprint density at radius 2 is 2.08 bits per heavy atom. The van der Waals surface area contributed by atoms with Gasteiger partial charge in [-0.2, -0.15) is 10.2 Å². The first kappa shape index (κ1) is 15.3. The molecule has 2 fully saturated rings. The fourth-order valence-corrected chi connectivity index (χ4v) is 3.37. The van der Waals surface area contributed by atoms with E-state index in [0.29, 0.717) is 11.7 Å². The van der Waals surface area contributed by atoms with E-state index in [4.69, 9.17) is 0 Å². The molecule has 0 bridgehead atoms. The van der Waals surface area contributed by atoms with Crippen LogP contribution in [-0.2, 0) is 11.8 Å². The molecule has 0 spiro atoms. The average molecular weight is 348 g/mol. The van der Waals surface area contributed by atoms with Crippen molar-refractivity contribution in [2.24, 2.45) is 13.0 Å². The number of aryl methyl sites for hydroxylation is 1. The van der Waals surface area contributed by atoms with Crippen LogP contribution >= 0.6 is 0 Å². The Morgan fingerprint density at radius 1 is 1.27 bits per heavy atom. The molecule has 1 amide bonds. The fourth-order valence-electron chi connectivity index (χ4n) is 3.37. The van der Waals surface area contributed by atoms with Gasteiger partial charge in [-0.25, -0.2) is 4.98 Å². The lowest BCUT2D eigenvalue weighted by Crippen LogP contribution is -2.14. The summed E-state index contributed by atoms with van der Waals surface area (Å²) >= 11 is 0. The van der Waals surface area contributed by atoms with E-state index in [1.165, 1.54) is 12.8 Å². The summed E-state index contributed by atoms with van der Waals surface area (Å²) in [5, 5.41) is 14.5. The van der Waals surface area contributed by atoms with E-state index in [1.807, 2.05) is 43.7 Å². The minimum atomic E-state index is 0.0352. The third-order valence-electron chi connectivity index (χ3n) is 5.16. The molecule has 0 saturated heterocycles. The Labute approximate surface area is 150 Å². The fraction of sp³-hybridized carbons (Fsp3) is 0.368. The smallest absolute Gasteiger partial charge is 0.228 e. The predicted octanol–water partition coefficient (Wildman–Crippen LogP) is 2.82. The summed E-state index contributed by atoms with van der Waals surface area (Å²) < 4.78 is 1.78. The molecule has 2 N–H and O–H groups in total. The van der Waals surface area contributed by atoms with E-state index in [9.17, 15) is 4.79 Å². The van der Waals surface area contributed by atoms with Crippen molar-refractivity contribution in [2.75, 3.05) is 5.32 Å². The number of hydrogen-bond acceptors (Lipinski definition) is 4. The van der Waals surface area contributed by atoms with Gasteiger partial charge in [-0.1, -0.05) is 0 Å². The molecule has 7 nitrogen and oxygen atoms in total. The van der Waals surface area contributed by atoms with Crippen molar-refractivity contribution in [3.63, 3.8) is 0 Å². The maximum absolute atomic E-state index is 12.4. The summed E-state index contributed by atoms with van der Waals surface area (Å²) in [7, 11) is 1.89. The van der Waals surface area contributed by atoms with E-state index in [0.717, 1.165) is 29.1 Å². The zero-order valence-corrected chi connectivity index (χ0v) is 14.5. The third kappa shape index (κ3) is 2.89. The predicted molar refractivity (Wildman–Crippen MR) is 96.5 cm³/mol. The van der Waals surface area contributed by atoms with Gasteiger partial charge in [-0.15, -0.1) is 0 Å². The molecular weight excluding hydrogens is 328 g/mol. The number of hydrogen-bond donors (Lipinski definition) is 2. The lowest BCUT2D eigenvalue weighted by Gasteiger charge is -2.05. The van der Waals surface area contributed by atoms with E-state index in [1.54, 1.807) is 4.68 Å². The summed E-state index contributed by atoms with van der Waals surface area (Å²) in [5.41, 5.74) is 2.89. The van der Waals surface area contributed by atoms with E-state index >= 15 is 0 Å². The highest BCUT2D eigenvalue weighted by Gasteiger charge is 2.44. The Bertz CT molecular complexity index is 953. The van der Waals surface area contributed by atoms with Crippen LogP contribution in [0, 0.1) is 5.92 Å². The van der Waals surface area contributed by atoms with Gasteiger partial charge in [0, 0.05) is 36.3 Å². The topological polar surface area (TPSA) is 88.5 Å². The molecule has 2 atom stereocenters. The van der Waals surface area contributed by atoms with Crippen molar-refractivity contribution in [3.8, 4) is 11.4 Å². The van der Waals surface area contributed by atoms with Crippen molar-refractivity contribution in [1.82, 2.24) is 25.0 Å². The van der Waals surface area contributed by atoms with Gasteiger partial charge in [0.1, 0.15) is 5.82 Å². The van der Waals surface area contributed by atoms with Crippen molar-refractivity contribution in [1.29, 1.82) is 0 Å². The van der Waals surface area contributed by atoms with Gasteiger partial charge in [-0.3, -0.25) is 14.6 Å². The highest BCUT2D eigenvalue weighted by Crippen LogP contribution is 2.47. The number of aromatic nitrogens is 5. The molecule has 5 rings (SSSR count). The van der Waals surface area contributed by atoms with E-state index in [2.05, 4.69) is 25.6 Å². The number of H-pyrrole nitrogens is 1. The van der Waals surface area contributed by atoms with Crippen molar-refractivity contribution < 1.29 is 4.79 Å². The number of carbonyl (C=O) groups is 1. The number of nitrogens with zero attached hydrogens (tertiary/aromatic N) is 4. The first-order valence-corrected chi connectivity index (χ1v) is 8.99. The van der Waals surface area contributed by atoms with Crippen LogP contribution in [-0.4, -0.2) is 30.9 Å². The zero-order chi connectivity index (χ0) is 17.7. The van der Waals surface area contributed by atoms with Crippen molar-refractivity contribution >= 4 is 11.6 Å². The first-order chi connectivity index (χ1) is 12.7. The highest BCUT2D eigenvalue weighted by atomic mass is 16.2. The molecule has 1 aromatic carbocycles. The maximum atomic E-state index is 12.4. The molecule has 2 aromatic heterocycles. The summed E-state index contributed by atoms with van der Waals surface area (Å²) in [6, 6.07) is 7.70. The number of carbonyl (C=O) groups excluding carboxylic acids is 1. The standard InChI is InChI=1S/C19H20N6O/c1-25-10-13(9-20-25)15-8-16(15)19(26)21-14-6-4-12(5-7-14)18-22-17(23-24-18)11-2-3-11/h4-7,9-11,15-16H,2-3,8H2,1H3,(H,21,26)(H,22,23,24)/t15-,16+/m0/s1. The SMILES string of the molecule is Cn1cc([C@@H]2C[C@H]2C(=O)Nc2ccc(-c3n[nH]c(C4CC4)n3)cc2)cn1. The zero-order valence-electron chi connectivity index (χ0n) is 14.5. The summed E-state index contributed by atoms with van der Waals surface area (Å²) in [6.45, 7) is 0. The Hall–Kier alpha value is -2.96. The minimum Gasteiger partial charge on any atom is -0.326 e. The van der Waals surface area contributed by atoms with Gasteiger partial charge in [0.15, 0.2) is 5.82 Å². The molecular formula is C19H20N6O. The summed E-state index contributed by atoms with van der Waals surface area (Å²) in [6.07, 6.45) is 7.11. The molecule has 0 unspecified atom stereocenters. The molecule has 2 saturated carbocycles. The molecule has 132 valence electrons. The molecule has 7 heteroatoms. The van der Waals surface area contributed by atoms with Gasteiger partial charge in [-0.05, 0) is 55.0 Å². The lowest BCUT2D eigenvalue weighted by molar-refractivity contribution is -0.117.